The van der Waals surface area contributed by atoms with E-state index in [1.54, 1.807) is 0 Å². The molecule has 1 aliphatic heterocycles. The van der Waals surface area contributed by atoms with Gasteiger partial charge in [0.1, 0.15) is 18.8 Å². The summed E-state index contributed by atoms with van der Waals surface area (Å²) in [7, 11) is 0. The molecule has 2 aromatic rings. The van der Waals surface area contributed by atoms with Crippen molar-refractivity contribution in [3.8, 4) is 0 Å². The zero-order chi connectivity index (χ0) is 30.0. The van der Waals surface area contributed by atoms with Crippen LogP contribution < -0.4 is 0 Å². The van der Waals surface area contributed by atoms with Crippen molar-refractivity contribution in [3.05, 3.63) is 69.7 Å². The lowest BCUT2D eigenvalue weighted by Gasteiger charge is -2.45. The summed E-state index contributed by atoms with van der Waals surface area (Å²) < 4.78 is 23.3. The van der Waals surface area contributed by atoms with Gasteiger partial charge in [-0.25, -0.2) is 0 Å². The Labute approximate surface area is 253 Å². The number of carbonyl (C=O) groups excluding carboxylic acids is 3. The monoisotopic (exact) mass is 596 g/mol. The third kappa shape index (κ3) is 7.00. The highest BCUT2D eigenvalue weighted by atomic mass is 35.5. The number of benzene rings is 2. The minimum Gasteiger partial charge on any atom is -0.463 e. The Hall–Kier alpha value is -2.90. The molecule has 1 saturated heterocycles. The SMILES string of the molecule is CCC1C(COC(C)=O)OC(c2ccc(Cl)c(Cc3ccc(C4CCC5(CC5)C4)cc3)c2)C(OC(C)=O)C1OC(C)=O. The molecule has 1 spiro atoms. The highest BCUT2D eigenvalue weighted by Crippen LogP contribution is 2.61. The van der Waals surface area contributed by atoms with Crippen LogP contribution in [0.5, 0.6) is 0 Å². The summed E-state index contributed by atoms with van der Waals surface area (Å²) in [5.74, 6) is -1.13. The van der Waals surface area contributed by atoms with Crippen LogP contribution in [0.3, 0.4) is 0 Å². The van der Waals surface area contributed by atoms with Gasteiger partial charge in [0.2, 0.25) is 0 Å². The van der Waals surface area contributed by atoms with Gasteiger partial charge in [-0.3, -0.25) is 14.4 Å². The molecule has 2 saturated carbocycles. The molecule has 2 aromatic carbocycles. The first-order valence-corrected chi connectivity index (χ1v) is 15.5. The van der Waals surface area contributed by atoms with Crippen LogP contribution in [0.25, 0.3) is 0 Å². The highest BCUT2D eigenvalue weighted by molar-refractivity contribution is 6.31. The number of hydrogen-bond donors (Lipinski definition) is 0. The molecular weight excluding hydrogens is 556 g/mol. The van der Waals surface area contributed by atoms with Gasteiger partial charge in [0.25, 0.3) is 0 Å². The Balaban J connectivity index is 1.41. The van der Waals surface area contributed by atoms with Crippen LogP contribution in [0.1, 0.15) is 100 Å². The quantitative estimate of drug-likeness (QED) is 0.230. The van der Waals surface area contributed by atoms with Crippen LogP contribution in [-0.4, -0.2) is 42.8 Å². The predicted molar refractivity (Wildman–Crippen MR) is 158 cm³/mol. The summed E-state index contributed by atoms with van der Waals surface area (Å²) in [6, 6.07) is 14.5. The number of rotatable bonds is 9. The lowest BCUT2D eigenvalue weighted by Crippen LogP contribution is -2.55. The molecular formula is C34H41ClO7. The smallest absolute Gasteiger partial charge is 0.303 e. The Bertz CT molecular complexity index is 1300. The molecule has 0 amide bonds. The van der Waals surface area contributed by atoms with Gasteiger partial charge < -0.3 is 18.9 Å². The third-order valence-corrected chi connectivity index (χ3v) is 9.64. The van der Waals surface area contributed by atoms with Crippen LogP contribution in [0.4, 0.5) is 0 Å². The number of esters is 3. The molecule has 7 nitrogen and oxygen atoms in total. The van der Waals surface area contributed by atoms with E-state index in [4.69, 9.17) is 30.5 Å². The van der Waals surface area contributed by atoms with E-state index in [1.165, 1.54) is 58.4 Å². The highest BCUT2D eigenvalue weighted by Gasteiger charge is 2.50. The first kappa shape index (κ1) is 30.6. The van der Waals surface area contributed by atoms with Crippen molar-refractivity contribution in [2.24, 2.45) is 11.3 Å². The molecule has 226 valence electrons. The maximum atomic E-state index is 12.2. The van der Waals surface area contributed by atoms with Crippen LogP contribution in [-0.2, 0) is 39.8 Å². The van der Waals surface area contributed by atoms with E-state index in [-0.39, 0.29) is 12.5 Å². The number of ether oxygens (including phenoxy) is 4. The summed E-state index contributed by atoms with van der Waals surface area (Å²) >= 11 is 6.68. The second kappa shape index (κ2) is 12.8. The Kier molecular flexibility index (Phi) is 9.28. The van der Waals surface area contributed by atoms with Gasteiger partial charge in [-0.05, 0) is 84.6 Å². The van der Waals surface area contributed by atoms with Gasteiger partial charge >= 0.3 is 17.9 Å². The Morgan fingerprint density at radius 3 is 2.17 bits per heavy atom. The zero-order valence-electron chi connectivity index (χ0n) is 24.9. The van der Waals surface area contributed by atoms with Crippen molar-refractivity contribution in [1.82, 2.24) is 0 Å². The van der Waals surface area contributed by atoms with Crippen molar-refractivity contribution < 1.29 is 33.3 Å². The third-order valence-electron chi connectivity index (χ3n) is 9.27. The molecule has 6 unspecified atom stereocenters. The maximum Gasteiger partial charge on any atom is 0.303 e. The predicted octanol–water partition coefficient (Wildman–Crippen LogP) is 6.87. The largest absolute Gasteiger partial charge is 0.463 e. The summed E-state index contributed by atoms with van der Waals surface area (Å²) in [5.41, 5.74) is 4.85. The molecule has 3 fully saturated rings. The van der Waals surface area contributed by atoms with Crippen molar-refractivity contribution >= 4 is 29.5 Å². The average molecular weight is 597 g/mol. The van der Waals surface area contributed by atoms with Gasteiger partial charge in [-0.15, -0.1) is 0 Å². The molecule has 2 aliphatic carbocycles. The van der Waals surface area contributed by atoms with E-state index in [9.17, 15) is 14.4 Å². The summed E-state index contributed by atoms with van der Waals surface area (Å²) in [6.07, 6.45) is 4.90. The van der Waals surface area contributed by atoms with E-state index < -0.39 is 42.3 Å². The Morgan fingerprint density at radius 1 is 0.905 bits per heavy atom. The minimum absolute atomic E-state index is 0.0101. The molecule has 8 heteroatoms. The molecule has 0 radical (unpaired) electrons. The normalized spacial score (nSPS) is 27.8. The van der Waals surface area contributed by atoms with Crippen LogP contribution in [0, 0.1) is 11.3 Å². The van der Waals surface area contributed by atoms with Crippen molar-refractivity contribution in [3.63, 3.8) is 0 Å². The number of halogens is 1. The van der Waals surface area contributed by atoms with Gasteiger partial charge in [0.15, 0.2) is 6.10 Å². The fraction of sp³-hybridized carbons (Fsp3) is 0.559. The Morgan fingerprint density at radius 2 is 1.57 bits per heavy atom. The molecule has 1 heterocycles. The number of hydrogen-bond acceptors (Lipinski definition) is 7. The summed E-state index contributed by atoms with van der Waals surface area (Å²) in [4.78, 5) is 36.0. The van der Waals surface area contributed by atoms with E-state index in [1.807, 2.05) is 25.1 Å². The second-order valence-corrected chi connectivity index (χ2v) is 12.7. The molecule has 0 N–H and O–H groups in total. The lowest BCUT2D eigenvalue weighted by atomic mass is 9.82. The molecule has 0 aromatic heterocycles. The van der Waals surface area contributed by atoms with Gasteiger partial charge in [0.05, 0.1) is 6.10 Å². The molecule has 42 heavy (non-hydrogen) atoms. The summed E-state index contributed by atoms with van der Waals surface area (Å²) in [5, 5.41) is 0.619. The van der Waals surface area contributed by atoms with E-state index >= 15 is 0 Å². The lowest BCUT2D eigenvalue weighted by molar-refractivity contribution is -0.235. The standard InChI is InChI=1S/C34H41ClO7/c1-5-28-30(19-39-20(2)36)42-31(33(41-22(4)38)32(28)40-21(3)37)25-10-11-29(35)27(17-25)16-23-6-8-24(9-7-23)26-12-13-34(18-26)14-15-34/h6-11,17,26,28,30-33H,5,12-16,18-19H2,1-4H3. The molecule has 0 bridgehead atoms. The van der Waals surface area contributed by atoms with E-state index in [0.29, 0.717) is 29.2 Å². The zero-order valence-corrected chi connectivity index (χ0v) is 25.7. The van der Waals surface area contributed by atoms with Crippen LogP contribution >= 0.6 is 11.6 Å². The first-order chi connectivity index (χ1) is 20.1. The molecule has 5 rings (SSSR count). The van der Waals surface area contributed by atoms with Crippen LogP contribution in [0.15, 0.2) is 42.5 Å². The topological polar surface area (TPSA) is 88.1 Å². The molecule has 6 atom stereocenters. The van der Waals surface area contributed by atoms with Crippen molar-refractivity contribution in [2.45, 2.75) is 103 Å². The van der Waals surface area contributed by atoms with E-state index in [0.717, 1.165) is 16.7 Å². The average Bonchev–Trinajstić information content (AvgIpc) is 3.57. The van der Waals surface area contributed by atoms with Gasteiger partial charge in [-0.2, -0.15) is 0 Å². The van der Waals surface area contributed by atoms with Crippen molar-refractivity contribution in [2.75, 3.05) is 6.61 Å². The van der Waals surface area contributed by atoms with Gasteiger partial charge in [-0.1, -0.05) is 54.9 Å². The second-order valence-electron chi connectivity index (χ2n) is 12.3. The van der Waals surface area contributed by atoms with E-state index in [2.05, 4.69) is 24.3 Å². The minimum atomic E-state index is -0.889. The molecule has 3 aliphatic rings. The van der Waals surface area contributed by atoms with Crippen molar-refractivity contribution in [1.29, 1.82) is 0 Å². The van der Waals surface area contributed by atoms with Gasteiger partial charge in [0, 0.05) is 31.7 Å². The van der Waals surface area contributed by atoms with Crippen LogP contribution in [0.2, 0.25) is 5.02 Å². The summed E-state index contributed by atoms with van der Waals surface area (Å²) in [6.45, 7) is 5.90. The number of carbonyl (C=O) groups is 3. The fourth-order valence-electron chi connectivity index (χ4n) is 6.94. The first-order valence-electron chi connectivity index (χ1n) is 15.1. The fourth-order valence-corrected chi connectivity index (χ4v) is 7.13. The maximum absolute atomic E-state index is 12.2.